The second-order valence-corrected chi connectivity index (χ2v) is 15.2. The van der Waals surface area contributed by atoms with Gasteiger partial charge in [0.1, 0.15) is 10.7 Å². The summed E-state index contributed by atoms with van der Waals surface area (Å²) in [5.41, 5.74) is -0.220. The molecule has 0 aliphatic heterocycles. The number of thiophene rings is 2. The average Bonchev–Trinajstić information content (AvgIpc) is 3.55. The minimum atomic E-state index is -4.87. The number of alkyl halides is 3. The predicted molar refractivity (Wildman–Crippen MR) is 156 cm³/mol. The Morgan fingerprint density at radius 1 is 1.19 bits per heavy atom. The van der Waals surface area contributed by atoms with E-state index in [2.05, 4.69) is 36.1 Å². The monoisotopic (exact) mass is 643 g/mol. The molecular weight excluding hydrogens is 612 g/mol. The van der Waals surface area contributed by atoms with Crippen molar-refractivity contribution in [3.05, 3.63) is 45.3 Å². The highest BCUT2D eigenvalue weighted by Gasteiger charge is 2.36. The van der Waals surface area contributed by atoms with Crippen molar-refractivity contribution in [3.8, 4) is 10.6 Å². The fraction of sp³-hybridized carbons (Fsp3) is 0.500. The minimum Gasteiger partial charge on any atom is -0.462 e. The van der Waals surface area contributed by atoms with Gasteiger partial charge in [-0.1, -0.05) is 26.8 Å². The molecule has 0 bridgehead atoms. The molecular formula is C28H32F3N3O5S3. The van der Waals surface area contributed by atoms with Crippen LogP contribution >= 0.6 is 22.7 Å². The predicted octanol–water partition coefficient (Wildman–Crippen LogP) is 6.81. The molecule has 1 atom stereocenters. The van der Waals surface area contributed by atoms with Crippen molar-refractivity contribution in [2.24, 2.45) is 11.3 Å². The van der Waals surface area contributed by atoms with Crippen LogP contribution in [0, 0.1) is 11.3 Å². The second-order valence-electron chi connectivity index (χ2n) is 11.1. The van der Waals surface area contributed by atoms with E-state index in [1.807, 2.05) is 0 Å². The molecule has 228 valence electrons. The van der Waals surface area contributed by atoms with E-state index in [1.54, 1.807) is 18.4 Å². The third-order valence-corrected chi connectivity index (χ3v) is 10.7. The summed E-state index contributed by atoms with van der Waals surface area (Å²) in [6.45, 7) is 8.39. The van der Waals surface area contributed by atoms with Gasteiger partial charge in [-0.2, -0.15) is 13.2 Å². The molecule has 0 unspecified atom stereocenters. The van der Waals surface area contributed by atoms with E-state index < -0.39 is 44.5 Å². The third-order valence-electron chi connectivity index (χ3n) is 7.09. The number of sulfone groups is 1. The van der Waals surface area contributed by atoms with Gasteiger partial charge < -0.3 is 10.1 Å². The number of amides is 1. The Hall–Kier alpha value is -2.84. The van der Waals surface area contributed by atoms with Crippen LogP contribution in [0.3, 0.4) is 0 Å². The number of hydrogen-bond donors (Lipinski definition) is 1. The Morgan fingerprint density at radius 3 is 2.55 bits per heavy atom. The summed E-state index contributed by atoms with van der Waals surface area (Å²) in [6, 6.07) is 3.86. The highest BCUT2D eigenvalue weighted by atomic mass is 32.2. The molecule has 4 rings (SSSR count). The van der Waals surface area contributed by atoms with Crippen LogP contribution in [0.1, 0.15) is 73.4 Å². The highest BCUT2D eigenvalue weighted by molar-refractivity contribution is 7.91. The number of hydrogen-bond acceptors (Lipinski definition) is 9. The van der Waals surface area contributed by atoms with Crippen molar-refractivity contribution < 1.29 is 35.9 Å². The summed E-state index contributed by atoms with van der Waals surface area (Å²) in [6.07, 6.45) is -2.95. The topological polar surface area (TPSA) is 115 Å². The van der Waals surface area contributed by atoms with Crippen molar-refractivity contribution in [2.45, 2.75) is 71.1 Å². The van der Waals surface area contributed by atoms with Crippen molar-refractivity contribution >= 4 is 49.4 Å². The van der Waals surface area contributed by atoms with Crippen molar-refractivity contribution in [1.29, 1.82) is 0 Å². The van der Waals surface area contributed by atoms with Gasteiger partial charge in [-0.05, 0) is 67.0 Å². The molecule has 8 nitrogen and oxygen atoms in total. The lowest BCUT2D eigenvalue weighted by molar-refractivity contribution is -0.141. The van der Waals surface area contributed by atoms with Gasteiger partial charge in [-0.3, -0.25) is 4.79 Å². The molecule has 0 saturated heterocycles. The molecule has 14 heteroatoms. The van der Waals surface area contributed by atoms with Crippen LogP contribution in [-0.4, -0.2) is 42.6 Å². The smallest absolute Gasteiger partial charge is 0.433 e. The van der Waals surface area contributed by atoms with Gasteiger partial charge in [0.25, 0.3) is 0 Å². The van der Waals surface area contributed by atoms with Crippen molar-refractivity contribution in [1.82, 2.24) is 9.97 Å². The number of carbonyl (C=O) groups is 2. The Balaban J connectivity index is 1.49. The molecule has 0 spiro atoms. The molecule has 0 aromatic carbocycles. The Bertz CT molecular complexity index is 1560. The first-order chi connectivity index (χ1) is 19.6. The third kappa shape index (κ3) is 7.38. The van der Waals surface area contributed by atoms with Crippen LogP contribution in [0.5, 0.6) is 0 Å². The number of nitrogens with one attached hydrogen (secondary N) is 1. The van der Waals surface area contributed by atoms with E-state index in [4.69, 9.17) is 4.74 Å². The van der Waals surface area contributed by atoms with Gasteiger partial charge in [0.2, 0.25) is 20.9 Å². The first-order valence-corrected chi connectivity index (χ1v) is 16.8. The number of aromatic nitrogens is 2. The highest BCUT2D eigenvalue weighted by Crippen LogP contribution is 2.44. The quantitative estimate of drug-likeness (QED) is 0.201. The zero-order valence-corrected chi connectivity index (χ0v) is 26.1. The SMILES string of the molecule is CCOC(=O)c1c(NC(=O)CCCS(=O)(=O)c2nc(-c3cccs3)cc(C(F)(F)F)n2)sc2c1CC[C@H](C(C)(C)C)C2. The second kappa shape index (κ2) is 12.4. The molecule has 3 aromatic rings. The zero-order valence-electron chi connectivity index (χ0n) is 23.6. The Morgan fingerprint density at radius 2 is 1.93 bits per heavy atom. The van der Waals surface area contributed by atoms with E-state index in [0.717, 1.165) is 34.6 Å². The van der Waals surface area contributed by atoms with Crippen LogP contribution in [0.15, 0.2) is 28.7 Å². The van der Waals surface area contributed by atoms with Gasteiger partial charge in [-0.25, -0.2) is 23.2 Å². The van der Waals surface area contributed by atoms with Gasteiger partial charge in [-0.15, -0.1) is 22.7 Å². The summed E-state index contributed by atoms with van der Waals surface area (Å²) < 4.78 is 71.6. The fourth-order valence-corrected chi connectivity index (χ4v) is 8.00. The number of anilines is 1. The normalized spacial score (nSPS) is 15.7. The lowest BCUT2D eigenvalue weighted by Gasteiger charge is -2.33. The number of nitrogens with zero attached hydrogens (tertiary/aromatic N) is 2. The summed E-state index contributed by atoms with van der Waals surface area (Å²) in [7, 11) is -4.35. The number of carbonyl (C=O) groups excluding carboxylic acids is 2. The van der Waals surface area contributed by atoms with Gasteiger partial charge >= 0.3 is 12.1 Å². The number of esters is 1. The Kier molecular flexibility index (Phi) is 9.48. The first kappa shape index (κ1) is 32.1. The van der Waals surface area contributed by atoms with E-state index in [-0.39, 0.29) is 30.6 Å². The number of rotatable bonds is 9. The van der Waals surface area contributed by atoms with Gasteiger partial charge in [0.15, 0.2) is 0 Å². The maximum atomic E-state index is 13.5. The van der Waals surface area contributed by atoms with Crippen LogP contribution in [0.4, 0.5) is 18.2 Å². The molecule has 0 radical (unpaired) electrons. The molecule has 1 N–H and O–H groups in total. The first-order valence-electron chi connectivity index (χ1n) is 13.4. The fourth-order valence-electron chi connectivity index (χ4n) is 4.80. The van der Waals surface area contributed by atoms with Crippen LogP contribution in [0.2, 0.25) is 0 Å². The van der Waals surface area contributed by atoms with Crippen LogP contribution in [-0.2, 0) is 38.4 Å². The standard InChI is InChI=1S/C28H32F3N3O5S3/c1-5-39-25(36)23-17-11-10-16(27(2,3)4)14-20(17)41-24(23)34-22(35)9-7-13-42(37,38)26-32-18(19-8-6-12-40-19)15-21(33-26)28(29,30)31/h6,8,12,15-16H,5,7,9-11,13-14H2,1-4H3,(H,34,35)/t16-/m0/s1. The molecule has 0 fully saturated rings. The number of fused-ring (bicyclic) bond motifs is 1. The van der Waals surface area contributed by atoms with E-state index in [0.29, 0.717) is 33.8 Å². The number of ether oxygens (including phenoxy) is 1. The summed E-state index contributed by atoms with van der Waals surface area (Å²) in [5, 5.41) is 3.81. The van der Waals surface area contributed by atoms with Crippen LogP contribution in [0.25, 0.3) is 10.6 Å². The molecule has 3 aromatic heterocycles. The molecule has 3 heterocycles. The van der Waals surface area contributed by atoms with E-state index >= 15 is 0 Å². The molecule has 1 aliphatic rings. The average molecular weight is 644 g/mol. The van der Waals surface area contributed by atoms with Crippen LogP contribution < -0.4 is 5.32 Å². The lowest BCUT2D eigenvalue weighted by Crippen LogP contribution is -2.26. The maximum Gasteiger partial charge on any atom is 0.433 e. The maximum absolute atomic E-state index is 13.5. The van der Waals surface area contributed by atoms with Crippen molar-refractivity contribution in [3.63, 3.8) is 0 Å². The molecule has 42 heavy (non-hydrogen) atoms. The van der Waals surface area contributed by atoms with Gasteiger partial charge in [0.05, 0.1) is 28.5 Å². The van der Waals surface area contributed by atoms with Gasteiger partial charge in [0, 0.05) is 11.3 Å². The number of halogens is 3. The summed E-state index contributed by atoms with van der Waals surface area (Å²) in [4.78, 5) is 34.3. The van der Waals surface area contributed by atoms with E-state index in [9.17, 15) is 31.2 Å². The van der Waals surface area contributed by atoms with Crippen molar-refractivity contribution in [2.75, 3.05) is 17.7 Å². The largest absolute Gasteiger partial charge is 0.462 e. The minimum absolute atomic E-state index is 0.0779. The van der Waals surface area contributed by atoms with E-state index in [1.165, 1.54) is 17.4 Å². The molecule has 1 amide bonds. The molecule has 1 aliphatic carbocycles. The lowest BCUT2D eigenvalue weighted by atomic mass is 9.72. The zero-order chi connectivity index (χ0) is 30.9. The summed E-state index contributed by atoms with van der Waals surface area (Å²) >= 11 is 2.44. The summed E-state index contributed by atoms with van der Waals surface area (Å²) in [5.74, 6) is -1.27. The molecule has 0 saturated carbocycles. The Labute approximate surface area is 250 Å².